The topological polar surface area (TPSA) is 15.3 Å². The summed E-state index contributed by atoms with van der Waals surface area (Å²) >= 11 is 0. The van der Waals surface area contributed by atoms with E-state index in [-0.39, 0.29) is 0 Å². The predicted octanol–water partition coefficient (Wildman–Crippen LogP) is 3.41. The monoisotopic (exact) mass is 272 g/mol. The van der Waals surface area contributed by atoms with Crippen LogP contribution in [0, 0.1) is 13.8 Å². The Hall–Kier alpha value is -0.860. The Kier molecular flexibility index (Phi) is 4.42. The summed E-state index contributed by atoms with van der Waals surface area (Å²) in [5.74, 6) is 0. The normalized spacial score (nSPS) is 24.0. The molecule has 1 aromatic rings. The van der Waals surface area contributed by atoms with Crippen LogP contribution in [0.5, 0.6) is 0 Å². The van der Waals surface area contributed by atoms with Gasteiger partial charge < -0.3 is 5.32 Å². The number of hydrogen-bond acceptors (Lipinski definition) is 2. The molecule has 1 unspecified atom stereocenters. The van der Waals surface area contributed by atoms with Crippen molar-refractivity contribution in [1.29, 1.82) is 0 Å². The molecular formula is C18H28N2. The third kappa shape index (κ3) is 3.62. The lowest BCUT2D eigenvalue weighted by atomic mass is 10.00. The molecule has 0 spiro atoms. The van der Waals surface area contributed by atoms with Crippen LogP contribution in [-0.2, 0) is 6.54 Å². The van der Waals surface area contributed by atoms with Crippen LogP contribution in [0.4, 0.5) is 0 Å². The van der Waals surface area contributed by atoms with Gasteiger partial charge in [0.1, 0.15) is 0 Å². The van der Waals surface area contributed by atoms with E-state index < -0.39 is 0 Å². The summed E-state index contributed by atoms with van der Waals surface area (Å²) in [6, 6.07) is 8.52. The van der Waals surface area contributed by atoms with E-state index in [1.165, 1.54) is 61.9 Å². The van der Waals surface area contributed by atoms with Crippen molar-refractivity contribution in [2.45, 2.75) is 64.6 Å². The van der Waals surface area contributed by atoms with Crippen molar-refractivity contribution in [1.82, 2.24) is 10.2 Å². The van der Waals surface area contributed by atoms with E-state index in [1.807, 2.05) is 0 Å². The minimum Gasteiger partial charge on any atom is -0.312 e. The van der Waals surface area contributed by atoms with Crippen LogP contribution < -0.4 is 5.32 Å². The highest BCUT2D eigenvalue weighted by atomic mass is 15.2. The summed E-state index contributed by atoms with van der Waals surface area (Å²) < 4.78 is 0. The van der Waals surface area contributed by atoms with Crippen LogP contribution >= 0.6 is 0 Å². The molecule has 20 heavy (non-hydrogen) atoms. The van der Waals surface area contributed by atoms with Crippen molar-refractivity contribution in [2.75, 3.05) is 13.1 Å². The highest BCUT2D eigenvalue weighted by molar-refractivity contribution is 5.29. The molecule has 1 atom stereocenters. The van der Waals surface area contributed by atoms with Crippen molar-refractivity contribution < 1.29 is 0 Å². The molecule has 2 nitrogen and oxygen atoms in total. The van der Waals surface area contributed by atoms with E-state index in [1.54, 1.807) is 0 Å². The average Bonchev–Trinajstić information content (AvgIpc) is 3.26. The summed E-state index contributed by atoms with van der Waals surface area (Å²) in [6.45, 7) is 8.00. The molecule has 1 aliphatic carbocycles. The van der Waals surface area contributed by atoms with E-state index in [2.05, 4.69) is 42.3 Å². The van der Waals surface area contributed by atoms with E-state index in [0.29, 0.717) is 0 Å². The van der Waals surface area contributed by atoms with Gasteiger partial charge in [-0.25, -0.2) is 0 Å². The molecule has 1 saturated carbocycles. The van der Waals surface area contributed by atoms with Gasteiger partial charge in [0.15, 0.2) is 0 Å². The van der Waals surface area contributed by atoms with E-state index in [4.69, 9.17) is 0 Å². The van der Waals surface area contributed by atoms with Crippen LogP contribution in [0.15, 0.2) is 18.2 Å². The number of hydrogen-bond donors (Lipinski definition) is 1. The van der Waals surface area contributed by atoms with E-state index in [0.717, 1.165) is 18.6 Å². The lowest BCUT2D eigenvalue weighted by Crippen LogP contribution is -2.45. The molecule has 110 valence electrons. The lowest BCUT2D eigenvalue weighted by molar-refractivity contribution is 0.137. The second kappa shape index (κ2) is 6.28. The highest BCUT2D eigenvalue weighted by Gasteiger charge is 2.26. The van der Waals surface area contributed by atoms with Crippen LogP contribution in [0.2, 0.25) is 0 Å². The molecule has 0 radical (unpaired) electrons. The molecule has 1 aromatic carbocycles. The van der Waals surface area contributed by atoms with Gasteiger partial charge in [0.2, 0.25) is 0 Å². The maximum absolute atomic E-state index is 3.72. The first-order valence-corrected chi connectivity index (χ1v) is 8.26. The highest BCUT2D eigenvalue weighted by Crippen LogP contribution is 2.23. The third-order valence-corrected chi connectivity index (χ3v) is 4.93. The maximum atomic E-state index is 3.72. The Bertz CT molecular complexity index is 451. The average molecular weight is 272 g/mol. The van der Waals surface area contributed by atoms with E-state index in [9.17, 15) is 0 Å². The van der Waals surface area contributed by atoms with Crippen LogP contribution in [-0.4, -0.2) is 30.1 Å². The maximum Gasteiger partial charge on any atom is 0.0237 e. The smallest absolute Gasteiger partial charge is 0.0237 e. The number of rotatable bonds is 5. The largest absolute Gasteiger partial charge is 0.312 e. The van der Waals surface area contributed by atoms with Gasteiger partial charge in [-0.3, -0.25) is 4.90 Å². The molecule has 2 fully saturated rings. The molecule has 2 heteroatoms. The fraction of sp³-hybridized carbons (Fsp3) is 0.667. The van der Waals surface area contributed by atoms with Gasteiger partial charge in [0.25, 0.3) is 0 Å². The van der Waals surface area contributed by atoms with Crippen molar-refractivity contribution >= 4 is 0 Å². The van der Waals surface area contributed by atoms with Gasteiger partial charge in [-0.1, -0.05) is 24.6 Å². The molecule has 0 aromatic heterocycles. The Morgan fingerprint density at radius 2 is 1.95 bits per heavy atom. The number of benzene rings is 1. The SMILES string of the molecule is Cc1ccc(CN2CCCCC2CNC2CC2)cc1C. The first-order chi connectivity index (χ1) is 9.72. The molecule has 1 heterocycles. The molecule has 0 bridgehead atoms. The van der Waals surface area contributed by atoms with E-state index >= 15 is 0 Å². The number of likely N-dealkylation sites (tertiary alicyclic amines) is 1. The molecule has 0 amide bonds. The van der Waals surface area contributed by atoms with Gasteiger partial charge in [-0.2, -0.15) is 0 Å². The zero-order valence-corrected chi connectivity index (χ0v) is 13.0. The second-order valence-corrected chi connectivity index (χ2v) is 6.72. The fourth-order valence-electron chi connectivity index (χ4n) is 3.23. The number of nitrogens with one attached hydrogen (secondary N) is 1. The molecule has 1 N–H and O–H groups in total. The predicted molar refractivity (Wildman–Crippen MR) is 85.0 cm³/mol. The number of aryl methyl sites for hydroxylation is 2. The van der Waals surface area contributed by atoms with Crippen LogP contribution in [0.3, 0.4) is 0 Å². The van der Waals surface area contributed by atoms with Gasteiger partial charge in [0, 0.05) is 25.2 Å². The summed E-state index contributed by atoms with van der Waals surface area (Å²) in [4.78, 5) is 2.70. The van der Waals surface area contributed by atoms with Crippen molar-refractivity contribution in [3.63, 3.8) is 0 Å². The first-order valence-electron chi connectivity index (χ1n) is 8.26. The zero-order valence-electron chi connectivity index (χ0n) is 13.0. The number of nitrogens with zero attached hydrogens (tertiary/aromatic N) is 1. The quantitative estimate of drug-likeness (QED) is 0.883. The summed E-state index contributed by atoms with van der Waals surface area (Å²) in [5.41, 5.74) is 4.30. The molecule has 3 rings (SSSR count). The first kappa shape index (κ1) is 14.1. The van der Waals surface area contributed by atoms with Gasteiger partial charge >= 0.3 is 0 Å². The van der Waals surface area contributed by atoms with Crippen LogP contribution in [0.25, 0.3) is 0 Å². The summed E-state index contributed by atoms with van der Waals surface area (Å²) in [6.07, 6.45) is 6.92. The molecule has 1 saturated heterocycles. The Morgan fingerprint density at radius 1 is 1.10 bits per heavy atom. The van der Waals surface area contributed by atoms with Gasteiger partial charge in [0.05, 0.1) is 0 Å². The van der Waals surface area contributed by atoms with Crippen molar-refractivity contribution in [3.05, 3.63) is 34.9 Å². The third-order valence-electron chi connectivity index (χ3n) is 4.93. The Morgan fingerprint density at radius 3 is 2.70 bits per heavy atom. The van der Waals surface area contributed by atoms with Crippen molar-refractivity contribution in [2.24, 2.45) is 0 Å². The van der Waals surface area contributed by atoms with Gasteiger partial charge in [-0.15, -0.1) is 0 Å². The summed E-state index contributed by atoms with van der Waals surface area (Å²) in [7, 11) is 0. The van der Waals surface area contributed by atoms with Gasteiger partial charge in [-0.05, 0) is 62.8 Å². The molecular weight excluding hydrogens is 244 g/mol. The summed E-state index contributed by atoms with van der Waals surface area (Å²) in [5, 5.41) is 3.72. The second-order valence-electron chi connectivity index (χ2n) is 6.72. The minimum absolute atomic E-state index is 0.742. The minimum atomic E-state index is 0.742. The lowest BCUT2D eigenvalue weighted by Gasteiger charge is -2.36. The standard InChI is InChI=1S/C18H28N2/c1-14-6-7-16(11-15(14)2)13-20-10-4-3-5-18(20)12-19-17-8-9-17/h6-7,11,17-19H,3-5,8-10,12-13H2,1-2H3. The fourth-order valence-corrected chi connectivity index (χ4v) is 3.23. The molecule has 1 aliphatic heterocycles. The number of piperidine rings is 1. The Balaban J connectivity index is 1.61. The molecule has 2 aliphatic rings. The van der Waals surface area contributed by atoms with Crippen LogP contribution in [0.1, 0.15) is 48.8 Å². The zero-order chi connectivity index (χ0) is 13.9. The van der Waals surface area contributed by atoms with Crippen molar-refractivity contribution in [3.8, 4) is 0 Å². The Labute approximate surface area is 123 Å².